The minimum atomic E-state index is -0.508. The van der Waals surface area contributed by atoms with E-state index in [0.717, 1.165) is 17.9 Å². The summed E-state index contributed by atoms with van der Waals surface area (Å²) in [5.74, 6) is 1.45. The van der Waals surface area contributed by atoms with E-state index >= 15 is 0 Å². The number of rotatable bonds is 6. The van der Waals surface area contributed by atoms with Gasteiger partial charge in [0.05, 0.1) is 26.4 Å². The zero-order valence-electron chi connectivity index (χ0n) is 10.9. The largest absolute Gasteiger partial charge is 0.497 e. The van der Waals surface area contributed by atoms with Crippen LogP contribution in [-0.2, 0) is 5.54 Å². The molecular formula is C13H21NO3. The second-order valence-electron chi connectivity index (χ2n) is 4.09. The summed E-state index contributed by atoms with van der Waals surface area (Å²) in [5.41, 5.74) is 0.414. The number of aliphatic hydroxyl groups is 1. The molecule has 0 aromatic heterocycles. The Balaban J connectivity index is 3.19. The molecule has 0 aliphatic carbocycles. The molecule has 1 aromatic rings. The number of hydrogen-bond donors (Lipinski definition) is 2. The Morgan fingerprint density at radius 1 is 1.29 bits per heavy atom. The van der Waals surface area contributed by atoms with Crippen LogP contribution in [-0.4, -0.2) is 32.5 Å². The Morgan fingerprint density at radius 3 is 2.47 bits per heavy atom. The molecule has 4 nitrogen and oxygen atoms in total. The highest BCUT2D eigenvalue weighted by atomic mass is 16.5. The first-order chi connectivity index (χ1) is 8.11. The monoisotopic (exact) mass is 239 g/mol. The average Bonchev–Trinajstić information content (AvgIpc) is 2.38. The number of hydrogen-bond acceptors (Lipinski definition) is 4. The quantitative estimate of drug-likeness (QED) is 0.790. The Kier molecular flexibility index (Phi) is 4.78. The lowest BCUT2D eigenvalue weighted by Gasteiger charge is -2.30. The molecular weight excluding hydrogens is 218 g/mol. The van der Waals surface area contributed by atoms with Gasteiger partial charge in [0, 0.05) is 11.6 Å². The Hall–Kier alpha value is -1.26. The third-order valence-electron chi connectivity index (χ3n) is 2.89. The van der Waals surface area contributed by atoms with Crippen molar-refractivity contribution < 1.29 is 14.6 Å². The van der Waals surface area contributed by atoms with Crippen LogP contribution in [0.3, 0.4) is 0 Å². The first-order valence-corrected chi connectivity index (χ1v) is 5.69. The molecule has 2 N–H and O–H groups in total. The van der Waals surface area contributed by atoms with Gasteiger partial charge >= 0.3 is 0 Å². The van der Waals surface area contributed by atoms with Crippen molar-refractivity contribution in [2.45, 2.75) is 19.4 Å². The molecule has 0 aliphatic heterocycles. The smallest absolute Gasteiger partial charge is 0.127 e. The van der Waals surface area contributed by atoms with Crippen molar-refractivity contribution in [2.75, 3.05) is 27.4 Å². The minimum Gasteiger partial charge on any atom is -0.497 e. The molecule has 0 aliphatic rings. The molecule has 4 heteroatoms. The molecule has 0 bridgehead atoms. The van der Waals surface area contributed by atoms with Crippen LogP contribution in [0.2, 0.25) is 0 Å². The lowest BCUT2D eigenvalue weighted by atomic mass is 9.91. The molecule has 0 saturated heterocycles. The molecule has 0 spiro atoms. The number of methoxy groups -OCH3 is 2. The van der Waals surface area contributed by atoms with Crippen molar-refractivity contribution in [3.63, 3.8) is 0 Å². The van der Waals surface area contributed by atoms with Gasteiger partial charge in [-0.2, -0.15) is 0 Å². The van der Waals surface area contributed by atoms with Gasteiger partial charge in [-0.25, -0.2) is 0 Å². The first kappa shape index (κ1) is 13.8. The fourth-order valence-corrected chi connectivity index (χ4v) is 1.88. The molecule has 0 radical (unpaired) electrons. The first-order valence-electron chi connectivity index (χ1n) is 5.69. The number of nitrogens with one attached hydrogen (secondary N) is 1. The number of benzene rings is 1. The highest BCUT2D eigenvalue weighted by Gasteiger charge is 2.28. The van der Waals surface area contributed by atoms with Crippen LogP contribution < -0.4 is 14.8 Å². The molecule has 0 saturated carbocycles. The van der Waals surface area contributed by atoms with Gasteiger partial charge in [-0.3, -0.25) is 0 Å². The third kappa shape index (κ3) is 2.90. The van der Waals surface area contributed by atoms with Crippen LogP contribution in [0, 0.1) is 0 Å². The van der Waals surface area contributed by atoms with Gasteiger partial charge in [0.2, 0.25) is 0 Å². The zero-order valence-corrected chi connectivity index (χ0v) is 10.9. The molecule has 1 atom stereocenters. The van der Waals surface area contributed by atoms with Gasteiger partial charge in [0.15, 0.2) is 0 Å². The van der Waals surface area contributed by atoms with Gasteiger partial charge in [0.1, 0.15) is 11.5 Å². The fraction of sp³-hybridized carbons (Fsp3) is 0.538. The number of likely N-dealkylation sites (N-methyl/N-ethyl adjacent to an activating group) is 1. The van der Waals surface area contributed by atoms with E-state index in [2.05, 4.69) is 5.32 Å². The molecule has 0 heterocycles. The van der Waals surface area contributed by atoms with Crippen LogP contribution >= 0.6 is 0 Å². The van der Waals surface area contributed by atoms with E-state index in [4.69, 9.17) is 9.47 Å². The Bertz CT molecular complexity index is 368. The lowest BCUT2D eigenvalue weighted by molar-refractivity contribution is 0.173. The maximum absolute atomic E-state index is 9.57. The Morgan fingerprint density at radius 2 is 2.00 bits per heavy atom. The summed E-state index contributed by atoms with van der Waals surface area (Å²) in [7, 11) is 3.23. The fourth-order valence-electron chi connectivity index (χ4n) is 1.88. The van der Waals surface area contributed by atoms with E-state index in [9.17, 15) is 5.11 Å². The van der Waals surface area contributed by atoms with E-state index < -0.39 is 5.54 Å². The van der Waals surface area contributed by atoms with Gasteiger partial charge in [-0.15, -0.1) is 0 Å². The second kappa shape index (κ2) is 5.89. The summed E-state index contributed by atoms with van der Waals surface area (Å²) in [5, 5.41) is 12.8. The SMILES string of the molecule is CCNC(C)(CO)c1ccc(OC)cc1OC. The van der Waals surface area contributed by atoms with E-state index in [1.54, 1.807) is 14.2 Å². The predicted octanol–water partition coefficient (Wildman–Crippen LogP) is 1.52. The van der Waals surface area contributed by atoms with Crippen LogP contribution in [0.15, 0.2) is 18.2 Å². The van der Waals surface area contributed by atoms with Crippen LogP contribution in [0.5, 0.6) is 11.5 Å². The average molecular weight is 239 g/mol. The van der Waals surface area contributed by atoms with Crippen molar-refractivity contribution in [2.24, 2.45) is 0 Å². The molecule has 1 rings (SSSR count). The number of ether oxygens (including phenoxy) is 2. The van der Waals surface area contributed by atoms with Gasteiger partial charge in [-0.1, -0.05) is 6.92 Å². The van der Waals surface area contributed by atoms with E-state index in [-0.39, 0.29) is 6.61 Å². The highest BCUT2D eigenvalue weighted by molar-refractivity contribution is 5.44. The summed E-state index contributed by atoms with van der Waals surface area (Å²) in [6.07, 6.45) is 0. The van der Waals surface area contributed by atoms with Crippen LogP contribution in [0.4, 0.5) is 0 Å². The predicted molar refractivity (Wildman–Crippen MR) is 67.7 cm³/mol. The molecule has 1 unspecified atom stereocenters. The molecule has 0 fully saturated rings. The molecule has 96 valence electrons. The van der Waals surface area contributed by atoms with Crippen molar-refractivity contribution >= 4 is 0 Å². The summed E-state index contributed by atoms with van der Waals surface area (Å²) in [6.45, 7) is 4.72. The van der Waals surface area contributed by atoms with Crippen molar-refractivity contribution in [3.05, 3.63) is 23.8 Å². The molecule has 17 heavy (non-hydrogen) atoms. The van der Waals surface area contributed by atoms with Crippen LogP contribution in [0.25, 0.3) is 0 Å². The normalized spacial score (nSPS) is 14.2. The Labute approximate surface area is 103 Å². The van der Waals surface area contributed by atoms with Crippen molar-refractivity contribution in [3.8, 4) is 11.5 Å². The van der Waals surface area contributed by atoms with E-state index in [1.165, 1.54) is 0 Å². The third-order valence-corrected chi connectivity index (χ3v) is 2.89. The van der Waals surface area contributed by atoms with E-state index in [1.807, 2.05) is 32.0 Å². The number of aliphatic hydroxyl groups excluding tert-OH is 1. The molecule has 0 amide bonds. The highest BCUT2D eigenvalue weighted by Crippen LogP contribution is 2.32. The zero-order chi connectivity index (χ0) is 12.9. The maximum Gasteiger partial charge on any atom is 0.127 e. The standard InChI is InChI=1S/C13H21NO3/c1-5-14-13(2,9-15)11-7-6-10(16-3)8-12(11)17-4/h6-8,14-15H,5,9H2,1-4H3. The second-order valence-corrected chi connectivity index (χ2v) is 4.09. The minimum absolute atomic E-state index is 0.00350. The summed E-state index contributed by atoms with van der Waals surface area (Å²) >= 11 is 0. The van der Waals surface area contributed by atoms with Crippen molar-refractivity contribution in [1.82, 2.24) is 5.32 Å². The maximum atomic E-state index is 9.57. The topological polar surface area (TPSA) is 50.7 Å². The summed E-state index contributed by atoms with van der Waals surface area (Å²) < 4.78 is 10.5. The summed E-state index contributed by atoms with van der Waals surface area (Å²) in [6, 6.07) is 5.60. The molecule has 1 aromatic carbocycles. The van der Waals surface area contributed by atoms with Crippen LogP contribution in [0.1, 0.15) is 19.4 Å². The summed E-state index contributed by atoms with van der Waals surface area (Å²) in [4.78, 5) is 0. The van der Waals surface area contributed by atoms with Crippen molar-refractivity contribution in [1.29, 1.82) is 0 Å². The van der Waals surface area contributed by atoms with Gasteiger partial charge in [-0.05, 0) is 25.6 Å². The lowest BCUT2D eigenvalue weighted by Crippen LogP contribution is -2.43. The van der Waals surface area contributed by atoms with E-state index in [0.29, 0.717) is 5.75 Å². The van der Waals surface area contributed by atoms with Gasteiger partial charge in [0.25, 0.3) is 0 Å². The van der Waals surface area contributed by atoms with Gasteiger partial charge < -0.3 is 19.9 Å².